The molecule has 0 saturated heterocycles. The molecule has 1 amide bonds. The standard InChI is InChI=1S/C13H14ClNO3/c1-8(9-4-2-3-5-10(9)14)15-11(16)13(6-7-13)12(17)18/h2-5,8H,6-7H2,1H3,(H,15,16)(H,17,18). The second-order valence-corrected chi connectivity index (χ2v) is 5.01. The van der Waals surface area contributed by atoms with Gasteiger partial charge in [0.25, 0.3) is 0 Å². The second kappa shape index (κ2) is 4.61. The first kappa shape index (κ1) is 12.9. The van der Waals surface area contributed by atoms with Gasteiger partial charge >= 0.3 is 5.97 Å². The summed E-state index contributed by atoms with van der Waals surface area (Å²) in [5.74, 6) is -1.48. The maximum Gasteiger partial charge on any atom is 0.319 e. The van der Waals surface area contributed by atoms with Crippen LogP contribution in [0.25, 0.3) is 0 Å². The zero-order valence-electron chi connectivity index (χ0n) is 9.94. The fourth-order valence-electron chi connectivity index (χ4n) is 1.90. The lowest BCUT2D eigenvalue weighted by Crippen LogP contribution is -2.38. The fraction of sp³-hybridized carbons (Fsp3) is 0.385. The van der Waals surface area contributed by atoms with E-state index in [1.807, 2.05) is 12.1 Å². The van der Waals surface area contributed by atoms with Crippen LogP contribution in [-0.2, 0) is 9.59 Å². The third kappa shape index (κ3) is 2.20. The number of nitrogens with one attached hydrogen (secondary N) is 1. The van der Waals surface area contributed by atoms with Crippen molar-refractivity contribution in [1.82, 2.24) is 5.32 Å². The van der Waals surface area contributed by atoms with E-state index in [2.05, 4.69) is 5.32 Å². The van der Waals surface area contributed by atoms with Crippen molar-refractivity contribution < 1.29 is 14.7 Å². The Hall–Kier alpha value is -1.55. The first-order valence-corrected chi connectivity index (χ1v) is 6.14. The van der Waals surface area contributed by atoms with E-state index in [1.54, 1.807) is 19.1 Å². The number of carboxylic acids is 1. The van der Waals surface area contributed by atoms with Crippen LogP contribution < -0.4 is 5.32 Å². The van der Waals surface area contributed by atoms with E-state index in [1.165, 1.54) is 0 Å². The first-order chi connectivity index (χ1) is 8.47. The van der Waals surface area contributed by atoms with Crippen molar-refractivity contribution in [2.75, 3.05) is 0 Å². The van der Waals surface area contributed by atoms with Crippen LogP contribution in [0.5, 0.6) is 0 Å². The molecule has 1 atom stereocenters. The SMILES string of the molecule is CC(NC(=O)C1(C(=O)O)CC1)c1ccccc1Cl. The zero-order chi connectivity index (χ0) is 13.3. The third-order valence-electron chi connectivity index (χ3n) is 3.31. The Morgan fingerprint density at radius 2 is 2.00 bits per heavy atom. The average molecular weight is 268 g/mol. The van der Waals surface area contributed by atoms with Gasteiger partial charge in [-0.25, -0.2) is 0 Å². The number of hydrogen-bond donors (Lipinski definition) is 2. The van der Waals surface area contributed by atoms with Gasteiger partial charge in [0.2, 0.25) is 5.91 Å². The maximum atomic E-state index is 11.9. The van der Waals surface area contributed by atoms with Crippen LogP contribution in [0, 0.1) is 5.41 Å². The van der Waals surface area contributed by atoms with Crippen molar-refractivity contribution >= 4 is 23.5 Å². The maximum absolute atomic E-state index is 11.9. The molecule has 0 spiro atoms. The van der Waals surface area contributed by atoms with Crippen molar-refractivity contribution in [3.05, 3.63) is 34.9 Å². The van der Waals surface area contributed by atoms with Gasteiger partial charge in [-0.05, 0) is 31.4 Å². The first-order valence-electron chi connectivity index (χ1n) is 5.76. The Kier molecular flexibility index (Phi) is 3.30. The minimum atomic E-state index is -1.21. The molecule has 1 fully saturated rings. The lowest BCUT2D eigenvalue weighted by molar-refractivity contribution is -0.149. The molecular weight excluding hydrogens is 254 g/mol. The van der Waals surface area contributed by atoms with Crippen LogP contribution >= 0.6 is 11.6 Å². The summed E-state index contributed by atoms with van der Waals surface area (Å²) in [6.45, 7) is 1.79. The van der Waals surface area contributed by atoms with Crippen molar-refractivity contribution in [3.63, 3.8) is 0 Å². The molecule has 18 heavy (non-hydrogen) atoms. The Morgan fingerprint density at radius 3 is 2.50 bits per heavy atom. The third-order valence-corrected chi connectivity index (χ3v) is 3.66. The van der Waals surface area contributed by atoms with E-state index in [0.29, 0.717) is 17.9 Å². The van der Waals surface area contributed by atoms with E-state index in [9.17, 15) is 9.59 Å². The van der Waals surface area contributed by atoms with E-state index in [-0.39, 0.29) is 6.04 Å². The average Bonchev–Trinajstić information content (AvgIpc) is 3.10. The molecule has 96 valence electrons. The molecule has 1 unspecified atom stereocenters. The minimum absolute atomic E-state index is 0.303. The van der Waals surface area contributed by atoms with Gasteiger partial charge in [-0.2, -0.15) is 0 Å². The highest BCUT2D eigenvalue weighted by molar-refractivity contribution is 6.31. The molecule has 0 heterocycles. The van der Waals surface area contributed by atoms with Gasteiger partial charge in [-0.15, -0.1) is 0 Å². The zero-order valence-corrected chi connectivity index (χ0v) is 10.7. The molecule has 0 bridgehead atoms. The molecule has 2 rings (SSSR count). The molecule has 1 aromatic rings. The molecule has 0 aliphatic heterocycles. The fourth-order valence-corrected chi connectivity index (χ4v) is 2.20. The quantitative estimate of drug-likeness (QED) is 0.823. The molecule has 1 aliphatic carbocycles. The minimum Gasteiger partial charge on any atom is -0.480 e. The van der Waals surface area contributed by atoms with Gasteiger partial charge in [-0.3, -0.25) is 9.59 Å². The van der Waals surface area contributed by atoms with E-state index < -0.39 is 17.3 Å². The van der Waals surface area contributed by atoms with Gasteiger partial charge in [-0.1, -0.05) is 29.8 Å². The highest BCUT2D eigenvalue weighted by atomic mass is 35.5. The van der Waals surface area contributed by atoms with Crippen LogP contribution in [0.15, 0.2) is 24.3 Å². The van der Waals surface area contributed by atoms with Crippen molar-refractivity contribution in [2.45, 2.75) is 25.8 Å². The van der Waals surface area contributed by atoms with Gasteiger partial charge in [0.05, 0.1) is 6.04 Å². The van der Waals surface area contributed by atoms with Crippen LogP contribution in [0.1, 0.15) is 31.4 Å². The Balaban J connectivity index is 2.09. The number of halogens is 1. The van der Waals surface area contributed by atoms with E-state index >= 15 is 0 Å². The topological polar surface area (TPSA) is 66.4 Å². The van der Waals surface area contributed by atoms with Gasteiger partial charge < -0.3 is 10.4 Å². The van der Waals surface area contributed by atoms with Gasteiger partial charge in [0.1, 0.15) is 5.41 Å². The van der Waals surface area contributed by atoms with Gasteiger partial charge in [0, 0.05) is 5.02 Å². The van der Waals surface area contributed by atoms with Crippen molar-refractivity contribution in [2.24, 2.45) is 5.41 Å². The molecule has 1 saturated carbocycles. The molecule has 1 aromatic carbocycles. The summed E-state index contributed by atoms with van der Waals surface area (Å²) in [7, 11) is 0. The van der Waals surface area contributed by atoms with Crippen molar-refractivity contribution in [1.29, 1.82) is 0 Å². The number of amides is 1. The molecule has 0 radical (unpaired) electrons. The second-order valence-electron chi connectivity index (χ2n) is 4.60. The smallest absolute Gasteiger partial charge is 0.319 e. The summed E-state index contributed by atoms with van der Waals surface area (Å²) in [5, 5.41) is 12.3. The van der Waals surface area contributed by atoms with Crippen LogP contribution in [0.3, 0.4) is 0 Å². The summed E-state index contributed by atoms with van der Waals surface area (Å²) >= 11 is 6.03. The monoisotopic (exact) mass is 267 g/mol. The lowest BCUT2D eigenvalue weighted by atomic mass is 10.0. The van der Waals surface area contributed by atoms with Crippen LogP contribution in [0.2, 0.25) is 5.02 Å². The summed E-state index contributed by atoms with van der Waals surface area (Å²) in [6.07, 6.45) is 0.812. The predicted molar refractivity (Wildman–Crippen MR) is 67.3 cm³/mol. The summed E-state index contributed by atoms with van der Waals surface area (Å²) in [4.78, 5) is 23.0. The summed E-state index contributed by atoms with van der Waals surface area (Å²) < 4.78 is 0. The lowest BCUT2D eigenvalue weighted by Gasteiger charge is -2.18. The number of carboxylic acid groups (broad SMARTS) is 1. The number of carbonyl (C=O) groups is 2. The van der Waals surface area contributed by atoms with Crippen LogP contribution in [-0.4, -0.2) is 17.0 Å². The van der Waals surface area contributed by atoms with Crippen LogP contribution in [0.4, 0.5) is 0 Å². The van der Waals surface area contributed by atoms with E-state index in [0.717, 1.165) is 5.56 Å². The number of rotatable bonds is 4. The Bertz CT molecular complexity index is 497. The summed E-state index contributed by atoms with van der Waals surface area (Å²) in [6, 6.07) is 6.88. The Labute approximate surface area is 110 Å². The molecule has 1 aliphatic rings. The van der Waals surface area contributed by atoms with Crippen molar-refractivity contribution in [3.8, 4) is 0 Å². The predicted octanol–water partition coefficient (Wildman–Crippen LogP) is 2.38. The summed E-state index contributed by atoms with van der Waals surface area (Å²) in [5.41, 5.74) is -0.427. The largest absolute Gasteiger partial charge is 0.480 e. The molecule has 5 heteroatoms. The number of aliphatic carboxylic acids is 1. The van der Waals surface area contributed by atoms with E-state index in [4.69, 9.17) is 16.7 Å². The Morgan fingerprint density at radius 1 is 1.39 bits per heavy atom. The number of carbonyl (C=O) groups excluding carboxylic acids is 1. The molecule has 2 N–H and O–H groups in total. The molecule has 4 nitrogen and oxygen atoms in total. The molecule has 0 aromatic heterocycles. The highest BCUT2D eigenvalue weighted by Gasteiger charge is 2.57. The number of benzene rings is 1. The highest BCUT2D eigenvalue weighted by Crippen LogP contribution is 2.46. The normalized spacial score (nSPS) is 17.9. The number of hydrogen-bond acceptors (Lipinski definition) is 2. The molecular formula is C13H14ClNO3. The van der Waals surface area contributed by atoms with Gasteiger partial charge in [0.15, 0.2) is 0 Å².